The number of nitro groups is 1. The van der Waals surface area contributed by atoms with Gasteiger partial charge >= 0.3 is 0 Å². The number of carbonyl (C=O) groups is 1. The topological polar surface area (TPSA) is 88.8 Å². The van der Waals surface area contributed by atoms with Crippen molar-refractivity contribution in [1.82, 2.24) is 0 Å². The van der Waals surface area contributed by atoms with Crippen LogP contribution in [0.3, 0.4) is 0 Å². The lowest BCUT2D eigenvalue weighted by Gasteiger charge is -2.12. The zero-order valence-electron chi connectivity index (χ0n) is 14.4. The highest BCUT2D eigenvalue weighted by Crippen LogP contribution is 2.27. The lowest BCUT2D eigenvalue weighted by molar-refractivity contribution is -0.682. The minimum absolute atomic E-state index is 0.0409. The van der Waals surface area contributed by atoms with E-state index in [-0.39, 0.29) is 29.9 Å². The SMILES string of the molecule is Cc1cc(NC(=O)C[NH2+][C@H](C)c2cccc(Cl)c2)c([N+](=O)[O-])cc1C. The van der Waals surface area contributed by atoms with E-state index in [1.54, 1.807) is 19.1 Å². The third kappa shape index (κ3) is 5.01. The van der Waals surface area contributed by atoms with E-state index in [1.807, 2.05) is 37.4 Å². The fourth-order valence-corrected chi connectivity index (χ4v) is 2.66. The molecular formula is C18H21ClN3O3+. The molecule has 0 saturated carbocycles. The Morgan fingerprint density at radius 2 is 1.96 bits per heavy atom. The van der Waals surface area contributed by atoms with Gasteiger partial charge in [-0.1, -0.05) is 23.7 Å². The first kappa shape index (κ1) is 18.9. The summed E-state index contributed by atoms with van der Waals surface area (Å²) in [4.78, 5) is 22.9. The Hall–Kier alpha value is -2.44. The molecule has 1 atom stereocenters. The number of benzene rings is 2. The van der Waals surface area contributed by atoms with Gasteiger partial charge in [-0.2, -0.15) is 0 Å². The van der Waals surface area contributed by atoms with Crippen LogP contribution in [0.2, 0.25) is 5.02 Å². The minimum Gasteiger partial charge on any atom is -0.333 e. The number of carbonyl (C=O) groups excluding carboxylic acids is 1. The quantitative estimate of drug-likeness (QED) is 0.611. The third-order valence-corrected chi connectivity index (χ3v) is 4.35. The Labute approximate surface area is 151 Å². The molecular weight excluding hydrogens is 342 g/mol. The van der Waals surface area contributed by atoms with Crippen LogP contribution in [0.1, 0.15) is 29.7 Å². The molecule has 0 radical (unpaired) electrons. The summed E-state index contributed by atoms with van der Waals surface area (Å²) in [6.45, 7) is 5.77. The first-order valence-electron chi connectivity index (χ1n) is 7.92. The van der Waals surface area contributed by atoms with E-state index < -0.39 is 4.92 Å². The molecule has 0 fully saturated rings. The number of amides is 1. The Kier molecular flexibility index (Phi) is 6.12. The summed E-state index contributed by atoms with van der Waals surface area (Å²) in [7, 11) is 0. The van der Waals surface area contributed by atoms with Gasteiger partial charge in [-0.15, -0.1) is 0 Å². The lowest BCUT2D eigenvalue weighted by atomic mass is 10.1. The van der Waals surface area contributed by atoms with E-state index in [0.29, 0.717) is 5.02 Å². The second-order valence-electron chi connectivity index (χ2n) is 6.04. The van der Waals surface area contributed by atoms with Gasteiger partial charge in [-0.05, 0) is 50.1 Å². The van der Waals surface area contributed by atoms with Crippen molar-refractivity contribution in [2.45, 2.75) is 26.8 Å². The van der Waals surface area contributed by atoms with E-state index in [9.17, 15) is 14.9 Å². The van der Waals surface area contributed by atoms with Crippen molar-refractivity contribution < 1.29 is 15.0 Å². The van der Waals surface area contributed by atoms with E-state index in [2.05, 4.69) is 5.32 Å². The molecule has 2 rings (SSSR count). The van der Waals surface area contributed by atoms with Crippen LogP contribution in [-0.2, 0) is 4.79 Å². The molecule has 0 aliphatic carbocycles. The average molecular weight is 363 g/mol. The summed E-state index contributed by atoms with van der Waals surface area (Å²) in [6.07, 6.45) is 0. The molecule has 2 aromatic carbocycles. The van der Waals surface area contributed by atoms with Gasteiger partial charge in [-0.25, -0.2) is 0 Å². The number of nitrogens with two attached hydrogens (primary N) is 1. The highest BCUT2D eigenvalue weighted by Gasteiger charge is 2.19. The highest BCUT2D eigenvalue weighted by atomic mass is 35.5. The van der Waals surface area contributed by atoms with Crippen molar-refractivity contribution in [2.24, 2.45) is 0 Å². The first-order valence-corrected chi connectivity index (χ1v) is 8.30. The van der Waals surface area contributed by atoms with Gasteiger partial charge in [-0.3, -0.25) is 14.9 Å². The van der Waals surface area contributed by atoms with Crippen LogP contribution in [0.5, 0.6) is 0 Å². The molecule has 0 spiro atoms. The molecule has 0 aromatic heterocycles. The van der Waals surface area contributed by atoms with E-state index >= 15 is 0 Å². The average Bonchev–Trinajstić information content (AvgIpc) is 2.55. The fraction of sp³-hybridized carbons (Fsp3) is 0.278. The summed E-state index contributed by atoms with van der Waals surface area (Å²) in [5.41, 5.74) is 2.83. The van der Waals surface area contributed by atoms with Crippen molar-refractivity contribution >= 4 is 28.9 Å². The van der Waals surface area contributed by atoms with Gasteiger partial charge in [0.05, 0.1) is 4.92 Å². The molecule has 0 saturated heterocycles. The van der Waals surface area contributed by atoms with Gasteiger partial charge in [0, 0.05) is 16.7 Å². The second kappa shape index (κ2) is 8.09. The number of nitro benzene ring substituents is 1. The second-order valence-corrected chi connectivity index (χ2v) is 6.48. The number of nitrogens with zero attached hydrogens (tertiary/aromatic N) is 1. The summed E-state index contributed by atoms with van der Waals surface area (Å²) in [6, 6.07) is 10.6. The standard InChI is InChI=1S/C18H20ClN3O3/c1-11-7-16(17(22(24)25)8-12(11)2)21-18(23)10-20-13(3)14-5-4-6-15(19)9-14/h4-9,13,20H,10H2,1-3H3,(H,21,23)/p+1/t13-/m1/s1. The monoisotopic (exact) mass is 362 g/mol. The van der Waals surface area contributed by atoms with Crippen LogP contribution < -0.4 is 10.6 Å². The number of halogens is 1. The first-order chi connectivity index (χ1) is 11.8. The number of rotatable bonds is 6. The number of nitrogens with one attached hydrogen (secondary N) is 1. The summed E-state index contributed by atoms with van der Waals surface area (Å²) in [5.74, 6) is -0.291. The van der Waals surface area contributed by atoms with Crippen LogP contribution >= 0.6 is 11.6 Å². The minimum atomic E-state index is -0.486. The van der Waals surface area contributed by atoms with Crippen LogP contribution in [0.4, 0.5) is 11.4 Å². The van der Waals surface area contributed by atoms with Crippen molar-refractivity contribution in [3.63, 3.8) is 0 Å². The Morgan fingerprint density at radius 3 is 2.60 bits per heavy atom. The number of aryl methyl sites for hydroxylation is 2. The molecule has 3 N–H and O–H groups in total. The molecule has 0 bridgehead atoms. The maximum absolute atomic E-state index is 12.2. The highest BCUT2D eigenvalue weighted by molar-refractivity contribution is 6.30. The summed E-state index contributed by atoms with van der Waals surface area (Å²) >= 11 is 5.98. The van der Waals surface area contributed by atoms with Crippen molar-refractivity contribution in [1.29, 1.82) is 0 Å². The maximum atomic E-state index is 12.2. The Bertz CT molecular complexity index is 808. The maximum Gasteiger partial charge on any atom is 0.293 e. The fourth-order valence-electron chi connectivity index (χ4n) is 2.46. The normalized spacial score (nSPS) is 11.8. The van der Waals surface area contributed by atoms with Crippen molar-refractivity contribution in [3.05, 3.63) is 68.2 Å². The molecule has 6 nitrogen and oxygen atoms in total. The van der Waals surface area contributed by atoms with Crippen LogP contribution in [-0.4, -0.2) is 17.4 Å². The molecule has 1 amide bonds. The zero-order chi connectivity index (χ0) is 18.6. The van der Waals surface area contributed by atoms with Gasteiger partial charge in [0.25, 0.3) is 11.6 Å². The van der Waals surface area contributed by atoms with Gasteiger partial charge < -0.3 is 10.6 Å². The van der Waals surface area contributed by atoms with Crippen LogP contribution in [0.15, 0.2) is 36.4 Å². The van der Waals surface area contributed by atoms with Crippen LogP contribution in [0.25, 0.3) is 0 Å². The largest absolute Gasteiger partial charge is 0.333 e. The summed E-state index contributed by atoms with van der Waals surface area (Å²) < 4.78 is 0. The number of hydrogen-bond acceptors (Lipinski definition) is 3. The van der Waals surface area contributed by atoms with Gasteiger partial charge in [0.2, 0.25) is 0 Å². The summed E-state index contributed by atoms with van der Waals surface area (Å²) in [5, 5.41) is 16.3. The van der Waals surface area contributed by atoms with Gasteiger partial charge in [0.15, 0.2) is 6.54 Å². The van der Waals surface area contributed by atoms with Gasteiger partial charge in [0.1, 0.15) is 11.7 Å². The number of hydrogen-bond donors (Lipinski definition) is 2. The number of anilines is 1. The zero-order valence-corrected chi connectivity index (χ0v) is 15.1. The third-order valence-electron chi connectivity index (χ3n) is 4.11. The van der Waals surface area contributed by atoms with Crippen molar-refractivity contribution in [2.75, 3.05) is 11.9 Å². The van der Waals surface area contributed by atoms with E-state index in [1.165, 1.54) is 6.07 Å². The molecule has 2 aromatic rings. The Balaban J connectivity index is 2.03. The van der Waals surface area contributed by atoms with Crippen molar-refractivity contribution in [3.8, 4) is 0 Å². The molecule has 0 heterocycles. The predicted molar refractivity (Wildman–Crippen MR) is 97.9 cm³/mol. The molecule has 132 valence electrons. The van der Waals surface area contributed by atoms with Crippen LogP contribution in [0, 0.1) is 24.0 Å². The van der Waals surface area contributed by atoms with E-state index in [0.717, 1.165) is 16.7 Å². The lowest BCUT2D eigenvalue weighted by Crippen LogP contribution is -2.86. The predicted octanol–water partition coefficient (Wildman–Crippen LogP) is 3.13. The molecule has 7 heteroatoms. The Morgan fingerprint density at radius 1 is 1.28 bits per heavy atom. The number of quaternary nitrogens is 1. The molecule has 0 unspecified atom stereocenters. The smallest absolute Gasteiger partial charge is 0.293 e. The van der Waals surface area contributed by atoms with E-state index in [4.69, 9.17) is 11.6 Å². The molecule has 25 heavy (non-hydrogen) atoms. The molecule has 0 aliphatic heterocycles. The molecule has 0 aliphatic rings.